The van der Waals surface area contributed by atoms with E-state index in [4.69, 9.17) is 4.74 Å². The highest BCUT2D eigenvalue weighted by Gasteiger charge is 2.27. The molecule has 1 aliphatic heterocycles. The van der Waals surface area contributed by atoms with Crippen molar-refractivity contribution in [1.29, 1.82) is 0 Å². The number of fused-ring (bicyclic) bond motifs is 1. The van der Waals surface area contributed by atoms with Crippen molar-refractivity contribution < 1.29 is 14.3 Å². The van der Waals surface area contributed by atoms with E-state index in [1.807, 2.05) is 12.1 Å². The smallest absolute Gasteiger partial charge is 0.253 e. The van der Waals surface area contributed by atoms with Crippen molar-refractivity contribution in [3.8, 4) is 0 Å². The van der Waals surface area contributed by atoms with E-state index in [1.54, 1.807) is 18.0 Å². The van der Waals surface area contributed by atoms with Gasteiger partial charge in [0.1, 0.15) is 0 Å². The van der Waals surface area contributed by atoms with Gasteiger partial charge in [0.2, 0.25) is 0 Å². The van der Waals surface area contributed by atoms with Gasteiger partial charge in [-0.25, -0.2) is 0 Å². The minimum Gasteiger partial charge on any atom is -0.376 e. The molecular weight excluding hydrogens is 254 g/mol. The van der Waals surface area contributed by atoms with Crippen LogP contribution < -0.4 is 0 Å². The summed E-state index contributed by atoms with van der Waals surface area (Å²) in [6.45, 7) is 1.42. The van der Waals surface area contributed by atoms with E-state index in [0.29, 0.717) is 24.9 Å². The number of hydrogen-bond acceptors (Lipinski definition) is 3. The second kappa shape index (κ2) is 5.37. The Balaban J connectivity index is 1.78. The molecule has 3 rings (SSSR count). The Morgan fingerprint density at radius 1 is 1.40 bits per heavy atom. The molecule has 1 fully saturated rings. The highest BCUT2D eigenvalue weighted by Crippen LogP contribution is 2.26. The molecule has 4 nitrogen and oxygen atoms in total. The lowest BCUT2D eigenvalue weighted by Gasteiger charge is -2.22. The largest absolute Gasteiger partial charge is 0.376 e. The first-order valence-corrected chi connectivity index (χ1v) is 7.19. The van der Waals surface area contributed by atoms with Gasteiger partial charge in [0.15, 0.2) is 5.78 Å². The van der Waals surface area contributed by atoms with Crippen LogP contribution in [0.3, 0.4) is 0 Å². The number of benzene rings is 1. The van der Waals surface area contributed by atoms with Crippen LogP contribution in [0.4, 0.5) is 0 Å². The molecule has 0 radical (unpaired) electrons. The summed E-state index contributed by atoms with van der Waals surface area (Å²) in [5, 5.41) is 0. The minimum atomic E-state index is -0.00736. The topological polar surface area (TPSA) is 46.6 Å². The van der Waals surface area contributed by atoms with E-state index in [9.17, 15) is 9.59 Å². The van der Waals surface area contributed by atoms with E-state index in [0.717, 1.165) is 30.6 Å². The number of carbonyl (C=O) groups excluding carboxylic acids is 2. The van der Waals surface area contributed by atoms with Crippen LogP contribution in [0.25, 0.3) is 0 Å². The molecule has 0 bridgehead atoms. The number of likely N-dealkylation sites (N-methyl/N-ethyl adjacent to an activating group) is 1. The standard InChI is InChI=1S/C16H19NO3/c1-17(10-11-4-3-9-20-11)16(19)14-6-2-5-13-12(14)7-8-15(13)18/h2,5-6,11H,3-4,7-10H2,1H3/t11-/m0/s1. The summed E-state index contributed by atoms with van der Waals surface area (Å²) in [5.74, 6) is 0.142. The third-order valence-electron chi connectivity index (χ3n) is 4.16. The summed E-state index contributed by atoms with van der Waals surface area (Å²) in [6.07, 6.45) is 3.45. The van der Waals surface area contributed by atoms with Crippen LogP contribution in [0.1, 0.15) is 45.5 Å². The number of hydrogen-bond donors (Lipinski definition) is 0. The lowest BCUT2D eigenvalue weighted by molar-refractivity contribution is 0.0586. The predicted molar refractivity (Wildman–Crippen MR) is 75.0 cm³/mol. The number of ether oxygens (including phenoxy) is 1. The summed E-state index contributed by atoms with van der Waals surface area (Å²) in [4.78, 5) is 26.0. The Morgan fingerprint density at radius 2 is 2.25 bits per heavy atom. The van der Waals surface area contributed by atoms with Gasteiger partial charge in [-0.3, -0.25) is 9.59 Å². The fraction of sp³-hybridized carbons (Fsp3) is 0.500. The molecule has 0 N–H and O–H groups in total. The molecule has 1 saturated heterocycles. The Labute approximate surface area is 118 Å². The van der Waals surface area contributed by atoms with E-state index >= 15 is 0 Å². The fourth-order valence-corrected chi connectivity index (χ4v) is 3.07. The Hall–Kier alpha value is -1.68. The van der Waals surface area contributed by atoms with E-state index in [2.05, 4.69) is 0 Å². The maximum absolute atomic E-state index is 12.6. The summed E-state index contributed by atoms with van der Waals surface area (Å²) < 4.78 is 5.57. The predicted octanol–water partition coefficient (Wildman–Crippen LogP) is 2.07. The molecule has 0 unspecified atom stereocenters. The average Bonchev–Trinajstić information content (AvgIpc) is 3.08. The molecule has 1 amide bonds. The molecule has 1 heterocycles. The Morgan fingerprint density at radius 3 is 3.00 bits per heavy atom. The van der Waals surface area contributed by atoms with E-state index in [-0.39, 0.29) is 17.8 Å². The van der Waals surface area contributed by atoms with Crippen LogP contribution in [0, 0.1) is 0 Å². The number of Topliss-reactive ketones (excluding diaryl/α,β-unsaturated/α-hetero) is 1. The van der Waals surface area contributed by atoms with Gasteiger partial charge in [-0.15, -0.1) is 0 Å². The third kappa shape index (κ3) is 2.36. The highest BCUT2D eigenvalue weighted by atomic mass is 16.5. The molecule has 106 valence electrons. The molecule has 0 saturated carbocycles. The van der Waals surface area contributed by atoms with E-state index in [1.165, 1.54) is 0 Å². The number of nitrogens with zero attached hydrogens (tertiary/aromatic N) is 1. The normalized spacial score (nSPS) is 21.1. The van der Waals surface area contributed by atoms with Crippen LogP contribution in [0.2, 0.25) is 0 Å². The van der Waals surface area contributed by atoms with E-state index < -0.39 is 0 Å². The van der Waals surface area contributed by atoms with Crippen molar-refractivity contribution in [3.63, 3.8) is 0 Å². The molecule has 20 heavy (non-hydrogen) atoms. The van der Waals surface area contributed by atoms with Gasteiger partial charge in [0, 0.05) is 37.7 Å². The second-order valence-corrected chi connectivity index (χ2v) is 5.58. The lowest BCUT2D eigenvalue weighted by atomic mass is 10.0. The first-order valence-electron chi connectivity index (χ1n) is 7.19. The van der Waals surface area contributed by atoms with Crippen molar-refractivity contribution >= 4 is 11.7 Å². The van der Waals surface area contributed by atoms with Crippen molar-refractivity contribution in [2.45, 2.75) is 31.8 Å². The SMILES string of the molecule is CN(C[C@@H]1CCCO1)C(=O)c1cccc2c1CCC2=O. The molecule has 4 heteroatoms. The summed E-state index contributed by atoms with van der Waals surface area (Å²) >= 11 is 0. The first kappa shape index (κ1) is 13.3. The quantitative estimate of drug-likeness (QED) is 0.847. The van der Waals surface area contributed by atoms with Crippen LogP contribution in [-0.4, -0.2) is 42.9 Å². The van der Waals surface area contributed by atoms with Gasteiger partial charge in [0.05, 0.1) is 6.10 Å². The van der Waals surface area contributed by atoms with Gasteiger partial charge in [-0.2, -0.15) is 0 Å². The summed E-state index contributed by atoms with van der Waals surface area (Å²) in [5.41, 5.74) is 2.32. The van der Waals surface area contributed by atoms with Crippen LogP contribution in [0.5, 0.6) is 0 Å². The molecule has 1 aromatic rings. The van der Waals surface area contributed by atoms with Crippen LogP contribution in [0.15, 0.2) is 18.2 Å². The molecule has 1 aliphatic carbocycles. The number of carbonyl (C=O) groups is 2. The zero-order valence-electron chi connectivity index (χ0n) is 11.7. The van der Waals surface area contributed by atoms with Crippen molar-refractivity contribution in [1.82, 2.24) is 4.90 Å². The maximum atomic E-state index is 12.6. The van der Waals surface area contributed by atoms with Crippen LogP contribution >= 0.6 is 0 Å². The Bertz CT molecular complexity index is 547. The van der Waals surface area contributed by atoms with Crippen molar-refractivity contribution in [2.75, 3.05) is 20.2 Å². The molecule has 0 spiro atoms. The minimum absolute atomic E-state index is 0.00736. The molecule has 2 aliphatic rings. The second-order valence-electron chi connectivity index (χ2n) is 5.58. The number of rotatable bonds is 3. The first-order chi connectivity index (χ1) is 9.66. The van der Waals surface area contributed by atoms with Crippen LogP contribution in [-0.2, 0) is 11.2 Å². The average molecular weight is 273 g/mol. The molecule has 1 atom stereocenters. The van der Waals surface area contributed by atoms with Gasteiger partial charge in [0.25, 0.3) is 5.91 Å². The highest BCUT2D eigenvalue weighted by molar-refractivity contribution is 6.05. The number of ketones is 1. The molecular formula is C16H19NO3. The van der Waals surface area contributed by atoms with Crippen molar-refractivity contribution in [3.05, 3.63) is 34.9 Å². The maximum Gasteiger partial charge on any atom is 0.253 e. The Kier molecular flexibility index (Phi) is 3.57. The van der Waals surface area contributed by atoms with Gasteiger partial charge >= 0.3 is 0 Å². The lowest BCUT2D eigenvalue weighted by Crippen LogP contribution is -2.34. The number of amides is 1. The summed E-state index contributed by atoms with van der Waals surface area (Å²) in [6, 6.07) is 5.45. The zero-order chi connectivity index (χ0) is 14.1. The molecule has 1 aromatic carbocycles. The fourth-order valence-electron chi connectivity index (χ4n) is 3.07. The van der Waals surface area contributed by atoms with Gasteiger partial charge < -0.3 is 9.64 Å². The third-order valence-corrected chi connectivity index (χ3v) is 4.16. The van der Waals surface area contributed by atoms with Gasteiger partial charge in [-0.1, -0.05) is 12.1 Å². The summed E-state index contributed by atoms with van der Waals surface area (Å²) in [7, 11) is 1.81. The van der Waals surface area contributed by atoms with Crippen molar-refractivity contribution in [2.24, 2.45) is 0 Å². The monoisotopic (exact) mass is 273 g/mol. The van der Waals surface area contributed by atoms with Gasteiger partial charge in [-0.05, 0) is 30.9 Å². The molecule has 0 aromatic heterocycles. The zero-order valence-corrected chi connectivity index (χ0v) is 11.7.